The molecule has 0 spiro atoms. The van der Waals surface area contributed by atoms with Gasteiger partial charge in [0.2, 0.25) is 0 Å². The van der Waals surface area contributed by atoms with Crippen LogP contribution < -0.4 is 5.73 Å². The third-order valence-electron chi connectivity index (χ3n) is 3.39. The van der Waals surface area contributed by atoms with Crippen LogP contribution in [0.25, 0.3) is 0 Å². The van der Waals surface area contributed by atoms with Crippen LogP contribution in [0.1, 0.15) is 23.3 Å². The highest BCUT2D eigenvalue weighted by atomic mass is 16.2. The number of amides is 1. The molecule has 6 nitrogen and oxygen atoms in total. The zero-order valence-corrected chi connectivity index (χ0v) is 10.8. The minimum Gasteiger partial charge on any atom is -0.382 e. The van der Waals surface area contributed by atoms with Gasteiger partial charge in [-0.15, -0.1) is 0 Å². The minimum atomic E-state index is -0.109. The summed E-state index contributed by atoms with van der Waals surface area (Å²) >= 11 is 0. The summed E-state index contributed by atoms with van der Waals surface area (Å²) in [6.07, 6.45) is 5.17. The second-order valence-electron chi connectivity index (χ2n) is 4.79. The number of likely N-dealkylation sites (N-methyl/N-ethyl adjacent to an activating group) is 2. The third kappa shape index (κ3) is 2.76. The monoisotopic (exact) mass is 249 g/mol. The maximum Gasteiger partial charge on any atom is 0.273 e. The Morgan fingerprint density at radius 3 is 2.89 bits per heavy atom. The molecule has 1 aliphatic heterocycles. The van der Waals surface area contributed by atoms with E-state index in [4.69, 9.17) is 5.73 Å². The van der Waals surface area contributed by atoms with Crippen LogP contribution in [0.5, 0.6) is 0 Å². The standard InChI is InChI=1S/C12H19N5O/c1-16-5-3-4-9(16)8-17(2)12(18)10-6-15-11(13)7-14-10/h6-7,9H,3-5,8H2,1-2H3,(H2,13,15). The predicted molar refractivity (Wildman–Crippen MR) is 69.1 cm³/mol. The van der Waals surface area contributed by atoms with Crippen molar-refractivity contribution in [2.75, 3.05) is 32.9 Å². The lowest BCUT2D eigenvalue weighted by Crippen LogP contribution is -2.39. The summed E-state index contributed by atoms with van der Waals surface area (Å²) in [7, 11) is 3.89. The SMILES string of the molecule is CN(CC1CCCN1C)C(=O)c1cnc(N)cn1. The van der Waals surface area contributed by atoms with E-state index in [-0.39, 0.29) is 5.91 Å². The fourth-order valence-electron chi connectivity index (χ4n) is 2.25. The number of hydrogen-bond donors (Lipinski definition) is 1. The molecular weight excluding hydrogens is 230 g/mol. The first kappa shape index (κ1) is 12.8. The van der Waals surface area contributed by atoms with E-state index >= 15 is 0 Å². The van der Waals surface area contributed by atoms with Gasteiger partial charge in [0.05, 0.1) is 12.4 Å². The lowest BCUT2D eigenvalue weighted by atomic mass is 10.2. The summed E-state index contributed by atoms with van der Waals surface area (Å²) in [6.45, 7) is 1.83. The Balaban J connectivity index is 1.98. The van der Waals surface area contributed by atoms with Crippen LogP contribution in [0, 0.1) is 0 Å². The molecule has 0 radical (unpaired) electrons. The van der Waals surface area contributed by atoms with E-state index in [0.717, 1.165) is 19.5 Å². The van der Waals surface area contributed by atoms with E-state index in [1.54, 1.807) is 11.9 Å². The first-order valence-corrected chi connectivity index (χ1v) is 6.11. The molecule has 2 N–H and O–H groups in total. The minimum absolute atomic E-state index is 0.109. The van der Waals surface area contributed by atoms with Crippen molar-refractivity contribution in [3.05, 3.63) is 18.1 Å². The highest BCUT2D eigenvalue weighted by Gasteiger charge is 2.24. The number of nitrogen functional groups attached to an aromatic ring is 1. The number of nitrogens with zero attached hydrogens (tertiary/aromatic N) is 4. The van der Waals surface area contributed by atoms with E-state index in [1.807, 2.05) is 0 Å². The van der Waals surface area contributed by atoms with Crippen molar-refractivity contribution >= 4 is 11.7 Å². The molecule has 1 unspecified atom stereocenters. The van der Waals surface area contributed by atoms with Crippen molar-refractivity contribution in [2.24, 2.45) is 0 Å². The summed E-state index contributed by atoms with van der Waals surface area (Å²) in [6, 6.07) is 0.445. The van der Waals surface area contributed by atoms with Crippen LogP contribution in [0.2, 0.25) is 0 Å². The Labute approximate surface area is 107 Å². The van der Waals surface area contributed by atoms with Crippen molar-refractivity contribution < 1.29 is 4.79 Å². The average molecular weight is 249 g/mol. The maximum absolute atomic E-state index is 12.1. The van der Waals surface area contributed by atoms with Crippen LogP contribution in [0.15, 0.2) is 12.4 Å². The van der Waals surface area contributed by atoms with Gasteiger partial charge in [0.1, 0.15) is 11.5 Å². The quantitative estimate of drug-likeness (QED) is 0.829. The fourth-order valence-corrected chi connectivity index (χ4v) is 2.25. The Morgan fingerprint density at radius 1 is 1.56 bits per heavy atom. The summed E-state index contributed by atoms with van der Waals surface area (Å²) in [5, 5.41) is 0. The molecule has 1 atom stereocenters. The van der Waals surface area contributed by atoms with Crippen LogP contribution >= 0.6 is 0 Å². The first-order valence-electron chi connectivity index (χ1n) is 6.11. The molecule has 0 aliphatic carbocycles. The maximum atomic E-state index is 12.1. The molecule has 6 heteroatoms. The number of likely N-dealkylation sites (tertiary alicyclic amines) is 1. The molecule has 1 fully saturated rings. The van der Waals surface area contributed by atoms with Crippen LogP contribution in [-0.2, 0) is 0 Å². The van der Waals surface area contributed by atoms with Gasteiger partial charge in [-0.25, -0.2) is 9.97 Å². The van der Waals surface area contributed by atoms with Gasteiger partial charge >= 0.3 is 0 Å². The van der Waals surface area contributed by atoms with Gasteiger partial charge in [-0.2, -0.15) is 0 Å². The Morgan fingerprint density at radius 2 is 2.33 bits per heavy atom. The first-order chi connectivity index (χ1) is 8.58. The molecule has 0 aromatic carbocycles. The topological polar surface area (TPSA) is 75.3 Å². The van der Waals surface area contributed by atoms with Crippen LogP contribution in [0.4, 0.5) is 5.82 Å². The van der Waals surface area contributed by atoms with Crippen molar-refractivity contribution in [2.45, 2.75) is 18.9 Å². The largest absolute Gasteiger partial charge is 0.382 e. The molecule has 0 bridgehead atoms. The summed E-state index contributed by atoms with van der Waals surface area (Å²) in [5.74, 6) is 0.215. The average Bonchev–Trinajstić information content (AvgIpc) is 2.75. The molecule has 18 heavy (non-hydrogen) atoms. The molecule has 1 aromatic heterocycles. The highest BCUT2D eigenvalue weighted by Crippen LogP contribution is 2.16. The van der Waals surface area contributed by atoms with Gasteiger partial charge in [-0.05, 0) is 26.4 Å². The third-order valence-corrected chi connectivity index (χ3v) is 3.39. The molecule has 1 aromatic rings. The molecule has 98 valence electrons. The molecular formula is C12H19N5O. The van der Waals surface area contributed by atoms with E-state index in [2.05, 4.69) is 21.9 Å². The summed E-state index contributed by atoms with van der Waals surface area (Å²) in [4.78, 5) is 24.0. The predicted octanol–water partition coefficient (Wildman–Crippen LogP) is 0.225. The van der Waals surface area contributed by atoms with Crippen molar-refractivity contribution in [3.8, 4) is 0 Å². The highest BCUT2D eigenvalue weighted by molar-refractivity contribution is 5.91. The number of carbonyl (C=O) groups excluding carboxylic acids is 1. The number of anilines is 1. The summed E-state index contributed by atoms with van der Waals surface area (Å²) < 4.78 is 0. The molecule has 0 saturated carbocycles. The molecule has 2 rings (SSSR count). The second kappa shape index (κ2) is 5.30. The molecule has 1 amide bonds. The molecule has 2 heterocycles. The Kier molecular flexibility index (Phi) is 3.76. The second-order valence-corrected chi connectivity index (χ2v) is 4.79. The fraction of sp³-hybridized carbons (Fsp3) is 0.583. The van der Waals surface area contributed by atoms with E-state index in [1.165, 1.54) is 18.8 Å². The number of rotatable bonds is 3. The van der Waals surface area contributed by atoms with E-state index in [9.17, 15) is 4.79 Å². The van der Waals surface area contributed by atoms with Gasteiger partial charge in [-0.3, -0.25) is 4.79 Å². The lowest BCUT2D eigenvalue weighted by Gasteiger charge is -2.25. The lowest BCUT2D eigenvalue weighted by molar-refractivity contribution is 0.0755. The van der Waals surface area contributed by atoms with Gasteiger partial charge < -0.3 is 15.5 Å². The van der Waals surface area contributed by atoms with Crippen LogP contribution in [0.3, 0.4) is 0 Å². The normalized spacial score (nSPS) is 20.0. The van der Waals surface area contributed by atoms with Crippen molar-refractivity contribution in [1.82, 2.24) is 19.8 Å². The number of carbonyl (C=O) groups is 1. The Hall–Kier alpha value is -1.69. The van der Waals surface area contributed by atoms with Crippen LogP contribution in [-0.4, -0.2) is 58.9 Å². The zero-order chi connectivity index (χ0) is 13.1. The van der Waals surface area contributed by atoms with Gasteiger partial charge in [0.15, 0.2) is 0 Å². The smallest absolute Gasteiger partial charge is 0.273 e. The van der Waals surface area contributed by atoms with Gasteiger partial charge in [0, 0.05) is 19.6 Å². The van der Waals surface area contributed by atoms with E-state index < -0.39 is 0 Å². The molecule has 1 aliphatic rings. The van der Waals surface area contributed by atoms with E-state index in [0.29, 0.717) is 17.6 Å². The zero-order valence-electron chi connectivity index (χ0n) is 10.8. The molecule has 1 saturated heterocycles. The van der Waals surface area contributed by atoms with Crippen molar-refractivity contribution in [3.63, 3.8) is 0 Å². The Bertz CT molecular complexity index is 419. The van der Waals surface area contributed by atoms with Crippen molar-refractivity contribution in [1.29, 1.82) is 0 Å². The number of hydrogen-bond acceptors (Lipinski definition) is 5. The summed E-state index contributed by atoms with van der Waals surface area (Å²) in [5.41, 5.74) is 5.79. The van der Waals surface area contributed by atoms with Gasteiger partial charge in [-0.1, -0.05) is 0 Å². The number of nitrogens with two attached hydrogens (primary N) is 1. The van der Waals surface area contributed by atoms with Gasteiger partial charge in [0.25, 0.3) is 5.91 Å². The number of aromatic nitrogens is 2.